The number of piperazine rings is 1. The van der Waals surface area contributed by atoms with Crippen molar-refractivity contribution in [2.75, 3.05) is 25.0 Å². The van der Waals surface area contributed by atoms with Crippen LogP contribution in [0.2, 0.25) is 0 Å². The molecule has 1 aliphatic heterocycles. The Morgan fingerprint density at radius 1 is 1.26 bits per heavy atom. The molecule has 0 radical (unpaired) electrons. The van der Waals surface area contributed by atoms with Crippen LogP contribution in [0, 0.1) is 22.7 Å². The van der Waals surface area contributed by atoms with E-state index in [4.69, 9.17) is 10.5 Å². The standard InChI is InChI=1S/C14H14N4O/c1-17-8-9-18(14(19)13(17)6-7-15)12-4-2-11(10-16)3-5-12/h2-5,13H,6,8-9H2,1H3. The Morgan fingerprint density at radius 3 is 2.53 bits per heavy atom. The first-order valence-electron chi connectivity index (χ1n) is 6.06. The normalized spacial score (nSPS) is 19.8. The van der Waals surface area contributed by atoms with Crippen LogP contribution in [0.15, 0.2) is 24.3 Å². The molecule has 1 fully saturated rings. The first-order chi connectivity index (χ1) is 9.17. The monoisotopic (exact) mass is 254 g/mol. The zero-order chi connectivity index (χ0) is 13.8. The highest BCUT2D eigenvalue weighted by Gasteiger charge is 2.33. The Hall–Kier alpha value is -2.37. The van der Waals surface area contributed by atoms with Crippen LogP contribution in [-0.4, -0.2) is 37.0 Å². The minimum absolute atomic E-state index is 0.0555. The maximum absolute atomic E-state index is 12.3. The van der Waals surface area contributed by atoms with E-state index in [-0.39, 0.29) is 18.4 Å². The molecule has 19 heavy (non-hydrogen) atoms. The summed E-state index contributed by atoms with van der Waals surface area (Å²) in [5, 5.41) is 17.6. The number of anilines is 1. The molecule has 1 heterocycles. The van der Waals surface area contributed by atoms with Gasteiger partial charge in [0, 0.05) is 18.8 Å². The number of nitrogens with zero attached hydrogens (tertiary/aromatic N) is 4. The summed E-state index contributed by atoms with van der Waals surface area (Å²) in [5.41, 5.74) is 1.35. The fourth-order valence-electron chi connectivity index (χ4n) is 2.19. The Morgan fingerprint density at radius 2 is 1.95 bits per heavy atom. The van der Waals surface area contributed by atoms with Gasteiger partial charge < -0.3 is 4.90 Å². The molecular weight excluding hydrogens is 240 g/mol. The van der Waals surface area contributed by atoms with Crippen LogP contribution in [0.1, 0.15) is 12.0 Å². The predicted octanol–water partition coefficient (Wildman–Crippen LogP) is 1.12. The maximum Gasteiger partial charge on any atom is 0.245 e. The summed E-state index contributed by atoms with van der Waals surface area (Å²) >= 11 is 0. The molecule has 5 heteroatoms. The maximum atomic E-state index is 12.3. The highest BCUT2D eigenvalue weighted by atomic mass is 16.2. The number of rotatable bonds is 2. The third-order valence-electron chi connectivity index (χ3n) is 3.35. The Kier molecular flexibility index (Phi) is 3.79. The molecular formula is C14H14N4O. The molecule has 1 aromatic carbocycles. The van der Waals surface area contributed by atoms with Crippen molar-refractivity contribution in [2.24, 2.45) is 0 Å². The number of nitriles is 2. The van der Waals surface area contributed by atoms with Gasteiger partial charge in [0.2, 0.25) is 5.91 Å². The summed E-state index contributed by atoms with van der Waals surface area (Å²) in [4.78, 5) is 15.9. The number of carbonyl (C=O) groups excluding carboxylic acids is 1. The average molecular weight is 254 g/mol. The first-order valence-corrected chi connectivity index (χ1v) is 6.06. The van der Waals surface area contributed by atoms with Gasteiger partial charge in [0.05, 0.1) is 24.1 Å². The first kappa shape index (κ1) is 13.1. The highest BCUT2D eigenvalue weighted by molar-refractivity contribution is 5.98. The van der Waals surface area contributed by atoms with Crippen LogP contribution in [0.5, 0.6) is 0 Å². The topological polar surface area (TPSA) is 71.1 Å². The lowest BCUT2D eigenvalue weighted by atomic mass is 10.1. The van der Waals surface area contributed by atoms with E-state index >= 15 is 0 Å². The zero-order valence-electron chi connectivity index (χ0n) is 10.7. The summed E-state index contributed by atoms with van der Waals surface area (Å²) in [6.45, 7) is 1.33. The average Bonchev–Trinajstić information content (AvgIpc) is 2.44. The largest absolute Gasteiger partial charge is 0.310 e. The molecule has 1 unspecified atom stereocenters. The van der Waals surface area contributed by atoms with Crippen molar-refractivity contribution in [3.63, 3.8) is 0 Å². The molecule has 96 valence electrons. The van der Waals surface area contributed by atoms with E-state index < -0.39 is 0 Å². The van der Waals surface area contributed by atoms with Gasteiger partial charge in [0.1, 0.15) is 6.04 Å². The van der Waals surface area contributed by atoms with E-state index in [9.17, 15) is 4.79 Å². The third kappa shape index (κ3) is 2.57. The van der Waals surface area contributed by atoms with Crippen molar-refractivity contribution < 1.29 is 4.79 Å². The van der Waals surface area contributed by atoms with Crippen molar-refractivity contribution in [1.29, 1.82) is 10.5 Å². The Bertz CT molecular complexity index is 552. The fourth-order valence-corrected chi connectivity index (χ4v) is 2.19. The lowest BCUT2D eigenvalue weighted by Crippen LogP contribution is -2.55. The lowest BCUT2D eigenvalue weighted by Gasteiger charge is -2.37. The van der Waals surface area contributed by atoms with Crippen molar-refractivity contribution in [1.82, 2.24) is 4.90 Å². The van der Waals surface area contributed by atoms with Gasteiger partial charge in [-0.3, -0.25) is 9.69 Å². The Balaban J connectivity index is 2.22. The second-order valence-electron chi connectivity index (χ2n) is 4.51. The van der Waals surface area contributed by atoms with Crippen molar-refractivity contribution in [2.45, 2.75) is 12.5 Å². The second-order valence-corrected chi connectivity index (χ2v) is 4.51. The summed E-state index contributed by atoms with van der Waals surface area (Å²) in [7, 11) is 1.86. The summed E-state index contributed by atoms with van der Waals surface area (Å²) in [5.74, 6) is -0.0555. The molecule has 1 amide bonds. The molecule has 1 aromatic rings. The van der Waals surface area contributed by atoms with Gasteiger partial charge in [-0.25, -0.2) is 0 Å². The smallest absolute Gasteiger partial charge is 0.245 e. The predicted molar refractivity (Wildman–Crippen MR) is 70.2 cm³/mol. The van der Waals surface area contributed by atoms with Crippen molar-refractivity contribution >= 4 is 11.6 Å². The van der Waals surface area contributed by atoms with E-state index in [0.29, 0.717) is 12.1 Å². The Labute approximate surface area is 112 Å². The van der Waals surface area contributed by atoms with Crippen LogP contribution in [0.3, 0.4) is 0 Å². The summed E-state index contributed by atoms with van der Waals surface area (Å²) in [6.07, 6.45) is 0.197. The van der Waals surface area contributed by atoms with E-state index in [1.54, 1.807) is 29.2 Å². The zero-order valence-corrected chi connectivity index (χ0v) is 10.7. The van der Waals surface area contributed by atoms with Crippen LogP contribution in [0.25, 0.3) is 0 Å². The number of hydrogen-bond donors (Lipinski definition) is 0. The molecule has 0 N–H and O–H groups in total. The highest BCUT2D eigenvalue weighted by Crippen LogP contribution is 2.21. The lowest BCUT2D eigenvalue weighted by molar-refractivity contribution is -0.125. The number of hydrogen-bond acceptors (Lipinski definition) is 4. The minimum atomic E-state index is -0.380. The van der Waals surface area contributed by atoms with Crippen LogP contribution in [0.4, 0.5) is 5.69 Å². The van der Waals surface area contributed by atoms with Crippen LogP contribution < -0.4 is 4.90 Å². The van der Waals surface area contributed by atoms with E-state index in [2.05, 4.69) is 6.07 Å². The van der Waals surface area contributed by atoms with E-state index in [1.165, 1.54) is 0 Å². The van der Waals surface area contributed by atoms with Gasteiger partial charge >= 0.3 is 0 Å². The number of benzene rings is 1. The molecule has 2 rings (SSSR count). The van der Waals surface area contributed by atoms with Crippen LogP contribution in [-0.2, 0) is 4.79 Å². The molecule has 1 atom stereocenters. The molecule has 0 bridgehead atoms. The van der Waals surface area contributed by atoms with Gasteiger partial charge in [0.25, 0.3) is 0 Å². The van der Waals surface area contributed by atoms with Gasteiger partial charge in [-0.15, -0.1) is 0 Å². The van der Waals surface area contributed by atoms with Gasteiger partial charge in [-0.2, -0.15) is 10.5 Å². The number of carbonyl (C=O) groups is 1. The SMILES string of the molecule is CN1CCN(c2ccc(C#N)cc2)C(=O)C1CC#N. The molecule has 0 aromatic heterocycles. The molecule has 1 saturated heterocycles. The fraction of sp³-hybridized carbons (Fsp3) is 0.357. The molecule has 0 saturated carbocycles. The quantitative estimate of drug-likeness (QED) is 0.792. The molecule has 0 aliphatic carbocycles. The second kappa shape index (κ2) is 5.51. The van der Waals surface area contributed by atoms with Crippen molar-refractivity contribution in [3.05, 3.63) is 29.8 Å². The summed E-state index contributed by atoms with van der Waals surface area (Å²) < 4.78 is 0. The van der Waals surface area contributed by atoms with Gasteiger partial charge in [-0.05, 0) is 31.3 Å². The number of likely N-dealkylation sites (N-methyl/N-ethyl adjacent to an activating group) is 1. The van der Waals surface area contributed by atoms with Crippen molar-refractivity contribution in [3.8, 4) is 12.1 Å². The number of amides is 1. The third-order valence-corrected chi connectivity index (χ3v) is 3.35. The minimum Gasteiger partial charge on any atom is -0.310 e. The van der Waals surface area contributed by atoms with Crippen LogP contribution >= 0.6 is 0 Å². The van der Waals surface area contributed by atoms with Gasteiger partial charge in [-0.1, -0.05) is 0 Å². The molecule has 1 aliphatic rings. The van der Waals surface area contributed by atoms with E-state index in [1.807, 2.05) is 18.0 Å². The molecule has 0 spiro atoms. The van der Waals surface area contributed by atoms with Gasteiger partial charge in [0.15, 0.2) is 0 Å². The summed E-state index contributed by atoms with van der Waals surface area (Å²) in [6, 6.07) is 10.7. The van der Waals surface area contributed by atoms with E-state index in [0.717, 1.165) is 12.2 Å². The molecule has 5 nitrogen and oxygen atoms in total.